The average molecular weight is 647 g/mol. The molecule has 0 N–H and O–H groups in total. The van der Waals surface area contributed by atoms with Crippen LogP contribution in [0.5, 0.6) is 0 Å². The topological polar surface area (TPSA) is 0 Å². The van der Waals surface area contributed by atoms with Gasteiger partial charge >= 0.3 is 231 Å². The van der Waals surface area contributed by atoms with E-state index in [2.05, 4.69) is 120 Å². The fraction of sp³-hybridized carbons (Fsp3) is 0.529. The summed E-state index contributed by atoms with van der Waals surface area (Å²) in [6.45, 7) is 34.3. The van der Waals surface area contributed by atoms with Crippen molar-refractivity contribution >= 4 is 16.6 Å². The predicted molar refractivity (Wildman–Crippen MR) is 159 cm³/mol. The fourth-order valence-corrected chi connectivity index (χ4v) is 28.5. The average Bonchev–Trinajstić information content (AvgIpc) is 3.15. The largest absolute Gasteiger partial charge is 1.00 e. The van der Waals surface area contributed by atoms with Crippen LogP contribution in [-0.4, -0.2) is 5.43 Å². The van der Waals surface area contributed by atoms with Gasteiger partial charge in [-0.05, 0) is 0 Å². The SMILES string of the molecule is CC1=C(C)[CH]([Zr+2]([CH]2C(C)=C(C)c3c(C(C)(C)C)ccc(C)c32)=[Si](C)C)c2c(C)ccc(C(C)(C)C)c21.[Cl-].[Cl-]. The van der Waals surface area contributed by atoms with Crippen molar-refractivity contribution in [3.05, 3.63) is 79.9 Å². The van der Waals surface area contributed by atoms with Gasteiger partial charge in [0.1, 0.15) is 0 Å². The Labute approximate surface area is 254 Å². The van der Waals surface area contributed by atoms with Gasteiger partial charge in [-0.2, -0.15) is 0 Å². The number of aryl methyl sites for hydroxylation is 2. The first-order valence-corrected chi connectivity index (χ1v) is 22.8. The molecule has 2 aromatic carbocycles. The van der Waals surface area contributed by atoms with E-state index in [1.54, 1.807) is 55.7 Å². The summed E-state index contributed by atoms with van der Waals surface area (Å²) in [5, 5.41) is 0. The molecule has 0 saturated heterocycles. The van der Waals surface area contributed by atoms with Crippen molar-refractivity contribution in [2.24, 2.45) is 0 Å². The molecule has 0 bridgehead atoms. The third-order valence-electron chi connectivity index (χ3n) is 9.12. The van der Waals surface area contributed by atoms with Crippen LogP contribution in [0.15, 0.2) is 35.4 Å². The Balaban J connectivity index is 0.00000253. The van der Waals surface area contributed by atoms with E-state index in [0.717, 1.165) is 0 Å². The third-order valence-corrected chi connectivity index (χ3v) is 28.8. The molecule has 2 unspecified atom stereocenters. The summed E-state index contributed by atoms with van der Waals surface area (Å²) in [6.07, 6.45) is 0. The van der Waals surface area contributed by atoms with Crippen molar-refractivity contribution in [1.29, 1.82) is 0 Å². The summed E-state index contributed by atoms with van der Waals surface area (Å²) in [7, 11) is 0. The molecule has 0 nitrogen and oxygen atoms in total. The second-order valence-corrected chi connectivity index (χ2v) is 31.7. The summed E-state index contributed by atoms with van der Waals surface area (Å²) >= 11 is -2.10. The summed E-state index contributed by atoms with van der Waals surface area (Å²) in [5.74, 6) is 0. The van der Waals surface area contributed by atoms with Gasteiger partial charge in [0, 0.05) is 0 Å². The quantitative estimate of drug-likeness (QED) is 0.430. The number of fused-ring (bicyclic) bond motifs is 2. The van der Waals surface area contributed by atoms with Crippen LogP contribution in [0, 0.1) is 13.8 Å². The number of rotatable bonds is 2. The molecule has 2 aliphatic rings. The zero-order chi connectivity index (χ0) is 27.1. The maximum Gasteiger partial charge on any atom is -1.00 e. The van der Waals surface area contributed by atoms with Crippen molar-refractivity contribution in [1.82, 2.24) is 0 Å². The smallest absolute Gasteiger partial charge is 1.00 e. The van der Waals surface area contributed by atoms with E-state index in [-0.39, 0.29) is 35.6 Å². The Bertz CT molecular complexity index is 1270. The molecule has 2 atom stereocenters. The first kappa shape index (κ1) is 33.8. The second-order valence-electron chi connectivity index (χ2n) is 13.9. The summed E-state index contributed by atoms with van der Waals surface area (Å²) in [6, 6.07) is 9.74. The van der Waals surface area contributed by atoms with Gasteiger partial charge in [-0.3, -0.25) is 0 Å². The van der Waals surface area contributed by atoms with Crippen molar-refractivity contribution in [3.8, 4) is 0 Å². The Kier molecular flexibility index (Phi) is 10.2. The van der Waals surface area contributed by atoms with Crippen LogP contribution in [0.2, 0.25) is 13.1 Å². The third kappa shape index (κ3) is 5.31. The number of hydrogen-bond donors (Lipinski definition) is 0. The summed E-state index contributed by atoms with van der Waals surface area (Å²) in [4.78, 5) is 0. The van der Waals surface area contributed by atoms with Crippen LogP contribution in [0.4, 0.5) is 0 Å². The first-order valence-electron chi connectivity index (χ1n) is 13.8. The standard InChI is InChI=1S/2C16H21.C2H6Si.2ClH.Zr/c2*1-10-7-8-14(16(4,5)6)15-12(3)11(2)9-13(10)15;1-3-2;;;/h2*7-9H,1-6H3;1-2H3;2*1H;/q;;;;;+2/p-2. The van der Waals surface area contributed by atoms with Gasteiger partial charge in [-0.15, -0.1) is 0 Å². The van der Waals surface area contributed by atoms with Crippen LogP contribution in [0.25, 0.3) is 11.1 Å². The summed E-state index contributed by atoms with van der Waals surface area (Å²) < 4.78 is 1.40. The van der Waals surface area contributed by atoms with Crippen LogP contribution < -0.4 is 24.8 Å². The maximum atomic E-state index is 2.66. The molecule has 0 amide bonds. The van der Waals surface area contributed by atoms with Crippen LogP contribution in [-0.2, 0) is 31.2 Å². The van der Waals surface area contributed by atoms with Gasteiger partial charge in [-0.1, -0.05) is 0 Å². The van der Waals surface area contributed by atoms with E-state index < -0.39 is 25.8 Å². The van der Waals surface area contributed by atoms with Crippen molar-refractivity contribution in [2.45, 2.75) is 114 Å². The molecule has 0 aromatic heterocycles. The van der Waals surface area contributed by atoms with E-state index in [9.17, 15) is 0 Å². The molecule has 0 fully saturated rings. The zero-order valence-corrected chi connectivity index (χ0v) is 31.2. The Morgan fingerprint density at radius 2 is 0.895 bits per heavy atom. The normalized spacial score (nSPS) is 18.4. The molecule has 4 heteroatoms. The van der Waals surface area contributed by atoms with E-state index in [1.807, 2.05) is 0 Å². The van der Waals surface area contributed by atoms with Crippen LogP contribution in [0.1, 0.15) is 121 Å². The number of benzene rings is 2. The molecular weight excluding hydrogens is 599 g/mol. The van der Waals surface area contributed by atoms with Gasteiger partial charge in [0.15, 0.2) is 0 Å². The summed E-state index contributed by atoms with van der Waals surface area (Å²) in [5.41, 5.74) is 19.3. The molecule has 2 aromatic rings. The van der Waals surface area contributed by atoms with Gasteiger partial charge in [0.2, 0.25) is 0 Å². The van der Waals surface area contributed by atoms with Gasteiger partial charge in [-0.25, -0.2) is 0 Å². The van der Waals surface area contributed by atoms with Crippen molar-refractivity contribution in [2.75, 3.05) is 0 Å². The Morgan fingerprint density at radius 1 is 0.579 bits per heavy atom. The Morgan fingerprint density at radius 3 is 1.16 bits per heavy atom. The van der Waals surface area contributed by atoms with Gasteiger partial charge < -0.3 is 24.8 Å². The molecule has 206 valence electrons. The number of halogens is 2. The first-order chi connectivity index (χ1) is 16.5. The molecule has 38 heavy (non-hydrogen) atoms. The minimum Gasteiger partial charge on any atom is -1.00 e. The minimum atomic E-state index is -2.10. The zero-order valence-electron chi connectivity index (χ0n) is 26.2. The van der Waals surface area contributed by atoms with Crippen LogP contribution >= 0.6 is 0 Å². The molecular formula is C34H48Cl2SiZr. The molecule has 0 saturated carbocycles. The fourth-order valence-electron chi connectivity index (χ4n) is 7.03. The molecule has 0 spiro atoms. The molecule has 2 aliphatic carbocycles. The predicted octanol–water partition coefficient (Wildman–Crippen LogP) is 4.17. The van der Waals surface area contributed by atoms with E-state index in [1.165, 1.54) is 11.1 Å². The maximum absolute atomic E-state index is 2.66. The molecule has 0 radical (unpaired) electrons. The molecule has 0 heterocycles. The molecule has 4 rings (SSSR count). The second kappa shape index (κ2) is 11.5. The van der Waals surface area contributed by atoms with Crippen molar-refractivity contribution < 1.29 is 45.2 Å². The van der Waals surface area contributed by atoms with Crippen molar-refractivity contribution in [3.63, 3.8) is 0 Å². The van der Waals surface area contributed by atoms with E-state index in [4.69, 9.17) is 0 Å². The van der Waals surface area contributed by atoms with Gasteiger partial charge in [0.05, 0.1) is 0 Å². The minimum absolute atomic E-state index is 0. The number of hydrogen-bond acceptors (Lipinski definition) is 0. The van der Waals surface area contributed by atoms with Crippen LogP contribution in [0.3, 0.4) is 0 Å². The van der Waals surface area contributed by atoms with Gasteiger partial charge in [0.25, 0.3) is 0 Å². The van der Waals surface area contributed by atoms with E-state index >= 15 is 0 Å². The molecule has 0 aliphatic heterocycles. The number of allylic oxidation sites excluding steroid dienone is 4. The van der Waals surface area contributed by atoms with E-state index in [0.29, 0.717) is 7.25 Å². The Hall–Kier alpha value is -0.400. The monoisotopic (exact) mass is 644 g/mol.